The highest BCUT2D eigenvalue weighted by atomic mass is 32.1. The lowest BCUT2D eigenvalue weighted by atomic mass is 9.88. The van der Waals surface area contributed by atoms with E-state index in [0.717, 1.165) is 35.3 Å². The minimum absolute atomic E-state index is 0.233. The van der Waals surface area contributed by atoms with Crippen LogP contribution in [0.1, 0.15) is 40.8 Å². The SMILES string of the molecule is N#Cc1c(NC(=O)C=Cc2ccsc2)sc2c1CCC(COC(=O)NCC1CC1)C2. The number of nitriles is 1. The second-order valence-corrected chi connectivity index (χ2v) is 9.62. The third kappa shape index (κ3) is 5.29. The maximum Gasteiger partial charge on any atom is 0.407 e. The van der Waals surface area contributed by atoms with E-state index >= 15 is 0 Å². The highest BCUT2D eigenvalue weighted by Crippen LogP contribution is 2.39. The van der Waals surface area contributed by atoms with E-state index in [4.69, 9.17) is 4.74 Å². The molecule has 1 fully saturated rings. The van der Waals surface area contributed by atoms with Gasteiger partial charge >= 0.3 is 6.09 Å². The molecule has 2 aromatic heterocycles. The summed E-state index contributed by atoms with van der Waals surface area (Å²) in [6.45, 7) is 1.08. The van der Waals surface area contributed by atoms with Gasteiger partial charge in [0.2, 0.25) is 5.91 Å². The van der Waals surface area contributed by atoms with Crippen molar-refractivity contribution >= 4 is 45.8 Å². The molecule has 2 aliphatic rings. The summed E-state index contributed by atoms with van der Waals surface area (Å²) in [6, 6.07) is 4.19. The number of hydrogen-bond acceptors (Lipinski definition) is 6. The second kappa shape index (κ2) is 9.45. The molecule has 0 saturated heterocycles. The van der Waals surface area contributed by atoms with Crippen molar-refractivity contribution in [1.29, 1.82) is 5.26 Å². The molecule has 2 aromatic rings. The van der Waals surface area contributed by atoms with Crippen LogP contribution in [0.3, 0.4) is 0 Å². The molecule has 1 atom stereocenters. The van der Waals surface area contributed by atoms with E-state index in [9.17, 15) is 14.9 Å². The van der Waals surface area contributed by atoms with Crippen LogP contribution in [-0.2, 0) is 22.4 Å². The lowest BCUT2D eigenvalue weighted by Gasteiger charge is -2.21. The van der Waals surface area contributed by atoms with Crippen molar-refractivity contribution in [1.82, 2.24) is 5.32 Å². The molecule has 30 heavy (non-hydrogen) atoms. The number of nitrogens with zero attached hydrogens (tertiary/aromatic N) is 1. The molecule has 0 radical (unpaired) electrons. The molecule has 6 nitrogen and oxygen atoms in total. The molecule has 0 bridgehead atoms. The quantitative estimate of drug-likeness (QED) is 0.616. The molecule has 1 saturated carbocycles. The summed E-state index contributed by atoms with van der Waals surface area (Å²) in [4.78, 5) is 25.2. The molecule has 2 heterocycles. The number of carbonyl (C=O) groups is 2. The fourth-order valence-corrected chi connectivity index (χ4v) is 5.44. The molecule has 0 aromatic carbocycles. The number of thiophene rings is 2. The van der Waals surface area contributed by atoms with Gasteiger partial charge < -0.3 is 15.4 Å². The van der Waals surface area contributed by atoms with Gasteiger partial charge in [-0.05, 0) is 78.0 Å². The molecule has 2 amide bonds. The van der Waals surface area contributed by atoms with Crippen LogP contribution in [0.15, 0.2) is 22.9 Å². The van der Waals surface area contributed by atoms with E-state index < -0.39 is 0 Å². The highest BCUT2D eigenvalue weighted by molar-refractivity contribution is 7.16. The average molecular weight is 442 g/mol. The Morgan fingerprint density at radius 3 is 2.90 bits per heavy atom. The topological polar surface area (TPSA) is 91.2 Å². The fraction of sp³-hybridized carbons (Fsp3) is 0.409. The van der Waals surface area contributed by atoms with E-state index in [-0.39, 0.29) is 17.9 Å². The number of nitrogens with one attached hydrogen (secondary N) is 2. The predicted molar refractivity (Wildman–Crippen MR) is 119 cm³/mol. The summed E-state index contributed by atoms with van der Waals surface area (Å²) in [6.07, 6.45) is 7.65. The zero-order valence-corrected chi connectivity index (χ0v) is 18.1. The first-order valence-corrected chi connectivity index (χ1v) is 11.8. The summed E-state index contributed by atoms with van der Waals surface area (Å²) in [5, 5.41) is 19.8. The molecule has 2 aliphatic carbocycles. The predicted octanol–water partition coefficient (Wildman–Crippen LogP) is 4.57. The number of hydrogen-bond donors (Lipinski definition) is 2. The normalized spacial score (nSPS) is 17.9. The number of anilines is 1. The number of fused-ring (bicyclic) bond motifs is 1. The Kier molecular flexibility index (Phi) is 6.50. The van der Waals surface area contributed by atoms with Gasteiger partial charge in [-0.15, -0.1) is 11.3 Å². The van der Waals surface area contributed by atoms with Gasteiger partial charge in [0.05, 0.1) is 12.2 Å². The molecular weight excluding hydrogens is 418 g/mol. The van der Waals surface area contributed by atoms with Crippen LogP contribution in [0.2, 0.25) is 0 Å². The van der Waals surface area contributed by atoms with Crippen molar-refractivity contribution in [2.24, 2.45) is 11.8 Å². The third-order valence-corrected chi connectivity index (χ3v) is 7.24. The lowest BCUT2D eigenvalue weighted by Crippen LogP contribution is -2.29. The summed E-state index contributed by atoms with van der Waals surface area (Å²) >= 11 is 3.03. The van der Waals surface area contributed by atoms with Crippen molar-refractivity contribution in [3.8, 4) is 6.07 Å². The van der Waals surface area contributed by atoms with Gasteiger partial charge in [0.25, 0.3) is 0 Å². The number of rotatable bonds is 7. The zero-order chi connectivity index (χ0) is 20.9. The number of alkyl carbamates (subject to hydrolysis) is 1. The number of ether oxygens (including phenoxy) is 1. The van der Waals surface area contributed by atoms with Crippen LogP contribution in [-0.4, -0.2) is 25.2 Å². The third-order valence-electron chi connectivity index (χ3n) is 5.37. The molecular formula is C22H23N3O3S2. The van der Waals surface area contributed by atoms with E-state index in [2.05, 4.69) is 16.7 Å². The molecule has 0 aliphatic heterocycles. The van der Waals surface area contributed by atoms with E-state index in [1.165, 1.54) is 30.3 Å². The molecule has 2 N–H and O–H groups in total. The Hall–Kier alpha value is -2.63. The van der Waals surface area contributed by atoms with Gasteiger partial charge in [0.1, 0.15) is 11.1 Å². The average Bonchev–Trinajstić information content (AvgIpc) is 3.30. The van der Waals surface area contributed by atoms with Gasteiger partial charge in [0, 0.05) is 17.5 Å². The minimum atomic E-state index is -0.345. The fourth-order valence-electron chi connectivity index (χ4n) is 3.49. The Labute approximate surface area is 183 Å². The number of amides is 2. The van der Waals surface area contributed by atoms with Crippen LogP contribution in [0, 0.1) is 23.2 Å². The minimum Gasteiger partial charge on any atom is -0.449 e. The van der Waals surface area contributed by atoms with Crippen LogP contribution >= 0.6 is 22.7 Å². The first kappa shape index (κ1) is 20.6. The maximum atomic E-state index is 12.3. The Bertz CT molecular complexity index is 984. The Morgan fingerprint density at radius 1 is 1.30 bits per heavy atom. The maximum absolute atomic E-state index is 12.3. The molecule has 4 rings (SSSR count). The monoisotopic (exact) mass is 441 g/mol. The second-order valence-electron chi connectivity index (χ2n) is 7.73. The van der Waals surface area contributed by atoms with Gasteiger partial charge in [-0.3, -0.25) is 4.79 Å². The summed E-state index contributed by atoms with van der Waals surface area (Å²) in [7, 11) is 0. The Balaban J connectivity index is 1.34. The largest absolute Gasteiger partial charge is 0.449 e. The van der Waals surface area contributed by atoms with Crippen LogP contribution in [0.4, 0.5) is 9.80 Å². The van der Waals surface area contributed by atoms with Crippen molar-refractivity contribution in [3.05, 3.63) is 44.5 Å². The van der Waals surface area contributed by atoms with E-state index in [1.54, 1.807) is 17.4 Å². The van der Waals surface area contributed by atoms with E-state index in [1.807, 2.05) is 16.8 Å². The summed E-state index contributed by atoms with van der Waals surface area (Å²) < 4.78 is 5.38. The van der Waals surface area contributed by atoms with Gasteiger partial charge in [-0.25, -0.2) is 4.79 Å². The zero-order valence-electron chi connectivity index (χ0n) is 16.5. The smallest absolute Gasteiger partial charge is 0.407 e. The Morgan fingerprint density at radius 2 is 2.17 bits per heavy atom. The highest BCUT2D eigenvalue weighted by Gasteiger charge is 2.27. The number of carbonyl (C=O) groups excluding carboxylic acids is 2. The van der Waals surface area contributed by atoms with Crippen molar-refractivity contribution in [2.45, 2.75) is 32.1 Å². The molecule has 156 valence electrons. The van der Waals surface area contributed by atoms with Crippen LogP contribution in [0.5, 0.6) is 0 Å². The van der Waals surface area contributed by atoms with Crippen LogP contribution < -0.4 is 10.6 Å². The van der Waals surface area contributed by atoms with Gasteiger partial charge in [0.15, 0.2) is 0 Å². The molecule has 1 unspecified atom stereocenters. The van der Waals surface area contributed by atoms with Crippen molar-refractivity contribution < 1.29 is 14.3 Å². The van der Waals surface area contributed by atoms with Crippen molar-refractivity contribution in [3.63, 3.8) is 0 Å². The van der Waals surface area contributed by atoms with Crippen LogP contribution in [0.25, 0.3) is 6.08 Å². The van der Waals surface area contributed by atoms with Gasteiger partial charge in [-0.1, -0.05) is 0 Å². The van der Waals surface area contributed by atoms with Crippen molar-refractivity contribution in [2.75, 3.05) is 18.5 Å². The lowest BCUT2D eigenvalue weighted by molar-refractivity contribution is -0.111. The summed E-state index contributed by atoms with van der Waals surface area (Å²) in [5.41, 5.74) is 2.56. The first-order valence-electron chi connectivity index (χ1n) is 10.1. The van der Waals surface area contributed by atoms with E-state index in [0.29, 0.717) is 29.6 Å². The summed E-state index contributed by atoms with van der Waals surface area (Å²) in [5.74, 6) is 0.610. The first-order chi connectivity index (χ1) is 14.6. The molecule has 0 spiro atoms. The molecule has 8 heteroatoms. The van der Waals surface area contributed by atoms with Gasteiger partial charge in [-0.2, -0.15) is 16.6 Å². The standard InChI is InChI=1S/C22H23N3O3S2/c23-10-18-17-5-3-16(12-28-22(27)24-11-14-1-2-14)9-19(17)30-21(18)25-20(26)6-4-15-7-8-29-13-15/h4,6-8,13-14,16H,1-3,5,9,11-12H2,(H,24,27)(H,25,26).